The Balaban J connectivity index is 1.53. The van der Waals surface area contributed by atoms with E-state index in [1.54, 1.807) is 41.2 Å². The Morgan fingerprint density at radius 1 is 1.15 bits per heavy atom. The first-order valence-electron chi connectivity index (χ1n) is 7.67. The quantitative estimate of drug-likeness (QED) is 0.594. The zero-order chi connectivity index (χ0) is 17.9. The van der Waals surface area contributed by atoms with Crippen molar-refractivity contribution in [3.63, 3.8) is 0 Å². The normalized spacial score (nSPS) is 10.7. The molecule has 2 heterocycles. The van der Waals surface area contributed by atoms with E-state index in [1.807, 2.05) is 18.2 Å². The van der Waals surface area contributed by atoms with Gasteiger partial charge in [0.25, 0.3) is 5.91 Å². The molecule has 0 aliphatic heterocycles. The van der Waals surface area contributed by atoms with Crippen molar-refractivity contribution in [3.05, 3.63) is 77.9 Å². The monoisotopic (exact) mass is 365 g/mol. The molecule has 0 saturated heterocycles. The molecule has 2 aromatic carbocycles. The van der Waals surface area contributed by atoms with Crippen LogP contribution in [-0.2, 0) is 0 Å². The molecule has 0 saturated carbocycles. The lowest BCUT2D eigenvalue weighted by Crippen LogP contribution is -2.11. The fraction of sp³-hybridized carbons (Fsp3) is 0. The lowest BCUT2D eigenvalue weighted by Gasteiger charge is -2.05. The number of anilines is 1. The average molecular weight is 366 g/mol. The van der Waals surface area contributed by atoms with E-state index in [0.29, 0.717) is 22.2 Å². The summed E-state index contributed by atoms with van der Waals surface area (Å²) in [7, 11) is 0. The Kier molecular flexibility index (Phi) is 4.20. The minimum atomic E-state index is -0.277. The van der Waals surface area contributed by atoms with Crippen molar-refractivity contribution >= 4 is 23.2 Å². The summed E-state index contributed by atoms with van der Waals surface area (Å²) in [6, 6.07) is 14.4. The summed E-state index contributed by atoms with van der Waals surface area (Å²) in [5.74, 6) is 0.107. The van der Waals surface area contributed by atoms with E-state index in [1.165, 1.54) is 12.6 Å². The first-order valence-corrected chi connectivity index (χ1v) is 8.05. The molecule has 0 radical (unpaired) electrons. The van der Waals surface area contributed by atoms with Crippen LogP contribution in [0.2, 0.25) is 5.02 Å². The molecule has 0 spiro atoms. The van der Waals surface area contributed by atoms with E-state index in [-0.39, 0.29) is 5.91 Å². The molecule has 2 aromatic heterocycles. The Bertz CT molecular complexity index is 1060. The molecular formula is C18H12ClN5O2. The first-order chi connectivity index (χ1) is 12.7. The van der Waals surface area contributed by atoms with Crippen LogP contribution < -0.4 is 5.32 Å². The highest BCUT2D eigenvalue weighted by atomic mass is 35.5. The maximum atomic E-state index is 12.5. The number of carbonyl (C=O) groups is 1. The van der Waals surface area contributed by atoms with Gasteiger partial charge in [0.15, 0.2) is 0 Å². The van der Waals surface area contributed by atoms with Gasteiger partial charge in [-0.15, -0.1) is 10.2 Å². The first kappa shape index (κ1) is 16.0. The predicted octanol–water partition coefficient (Wildman–Crippen LogP) is 3.83. The second-order valence-electron chi connectivity index (χ2n) is 5.43. The number of nitrogens with one attached hydrogen (secondary N) is 1. The molecule has 1 amide bonds. The molecule has 0 bridgehead atoms. The van der Waals surface area contributed by atoms with Crippen molar-refractivity contribution in [3.8, 4) is 17.1 Å². The number of hydrogen-bond acceptors (Lipinski definition) is 5. The Morgan fingerprint density at radius 2 is 2.04 bits per heavy atom. The van der Waals surface area contributed by atoms with E-state index >= 15 is 0 Å². The third-order valence-electron chi connectivity index (χ3n) is 3.64. The van der Waals surface area contributed by atoms with Gasteiger partial charge in [0, 0.05) is 22.5 Å². The van der Waals surface area contributed by atoms with Crippen molar-refractivity contribution in [2.45, 2.75) is 0 Å². The second kappa shape index (κ2) is 6.81. The molecule has 0 fully saturated rings. The van der Waals surface area contributed by atoms with Gasteiger partial charge in [0.1, 0.15) is 0 Å². The number of nitrogens with zero attached hydrogens (tertiary/aromatic N) is 4. The molecule has 8 heteroatoms. The molecule has 128 valence electrons. The fourth-order valence-corrected chi connectivity index (χ4v) is 2.62. The average Bonchev–Trinajstić information content (AvgIpc) is 3.34. The number of carbonyl (C=O) groups excluding carboxylic acids is 1. The summed E-state index contributed by atoms with van der Waals surface area (Å²) >= 11 is 5.99. The summed E-state index contributed by atoms with van der Waals surface area (Å²) in [6.07, 6.45) is 4.39. The van der Waals surface area contributed by atoms with Crippen LogP contribution >= 0.6 is 11.6 Å². The molecule has 26 heavy (non-hydrogen) atoms. The minimum absolute atomic E-state index is 0.277. The SMILES string of the molecule is O=C(Nc1cccc(-c2nnco2)c1)c1cnn(-c2cccc(Cl)c2)c1. The van der Waals surface area contributed by atoms with Crippen LogP contribution in [0.1, 0.15) is 10.4 Å². The zero-order valence-corrected chi connectivity index (χ0v) is 14.1. The molecule has 0 unspecified atom stereocenters. The van der Waals surface area contributed by atoms with E-state index in [0.717, 1.165) is 11.3 Å². The van der Waals surface area contributed by atoms with Crippen LogP contribution in [0.3, 0.4) is 0 Å². The zero-order valence-electron chi connectivity index (χ0n) is 13.3. The van der Waals surface area contributed by atoms with Crippen LogP contribution in [0.25, 0.3) is 17.1 Å². The van der Waals surface area contributed by atoms with Crippen LogP contribution in [0.4, 0.5) is 5.69 Å². The van der Waals surface area contributed by atoms with E-state index in [2.05, 4.69) is 20.6 Å². The summed E-state index contributed by atoms with van der Waals surface area (Å²) in [4.78, 5) is 12.5. The molecule has 7 nitrogen and oxygen atoms in total. The van der Waals surface area contributed by atoms with Crippen molar-refractivity contribution < 1.29 is 9.21 Å². The van der Waals surface area contributed by atoms with Crippen LogP contribution in [0.15, 0.2) is 71.7 Å². The van der Waals surface area contributed by atoms with Crippen molar-refractivity contribution in [2.75, 3.05) is 5.32 Å². The Hall–Kier alpha value is -3.45. The molecule has 4 aromatic rings. The maximum Gasteiger partial charge on any atom is 0.258 e. The van der Waals surface area contributed by atoms with Gasteiger partial charge in [-0.2, -0.15) is 5.10 Å². The fourth-order valence-electron chi connectivity index (χ4n) is 2.43. The number of benzene rings is 2. The highest BCUT2D eigenvalue weighted by Crippen LogP contribution is 2.21. The Labute approximate surface area is 153 Å². The molecule has 1 N–H and O–H groups in total. The van der Waals surface area contributed by atoms with Gasteiger partial charge in [-0.1, -0.05) is 23.7 Å². The number of hydrogen-bond donors (Lipinski definition) is 1. The standard InChI is InChI=1S/C18H12ClN5O2/c19-14-4-2-6-16(8-14)24-10-13(9-21-24)17(25)22-15-5-1-3-12(7-15)18-23-20-11-26-18/h1-11H,(H,22,25). The van der Waals surface area contributed by atoms with E-state index in [9.17, 15) is 4.79 Å². The second-order valence-corrected chi connectivity index (χ2v) is 5.87. The molecule has 0 aliphatic rings. The van der Waals surface area contributed by atoms with Crippen LogP contribution in [0, 0.1) is 0 Å². The molecule has 0 atom stereocenters. The van der Waals surface area contributed by atoms with Gasteiger partial charge in [-0.25, -0.2) is 4.68 Å². The largest absolute Gasteiger partial charge is 0.423 e. The highest BCUT2D eigenvalue weighted by Gasteiger charge is 2.11. The molecule has 4 rings (SSSR count). The van der Waals surface area contributed by atoms with Gasteiger partial charge in [-0.3, -0.25) is 4.79 Å². The van der Waals surface area contributed by atoms with E-state index < -0.39 is 0 Å². The minimum Gasteiger partial charge on any atom is -0.423 e. The number of aromatic nitrogens is 4. The highest BCUT2D eigenvalue weighted by molar-refractivity contribution is 6.30. The number of rotatable bonds is 4. The Morgan fingerprint density at radius 3 is 2.85 bits per heavy atom. The maximum absolute atomic E-state index is 12.5. The predicted molar refractivity (Wildman–Crippen MR) is 96.3 cm³/mol. The summed E-state index contributed by atoms with van der Waals surface area (Å²) in [5, 5.41) is 15.1. The lowest BCUT2D eigenvalue weighted by molar-refractivity contribution is 0.102. The van der Waals surface area contributed by atoms with Crippen molar-refractivity contribution in [1.29, 1.82) is 0 Å². The summed E-state index contributed by atoms with van der Waals surface area (Å²) in [5.41, 5.74) is 2.53. The van der Waals surface area contributed by atoms with E-state index in [4.69, 9.17) is 16.0 Å². The molecule has 0 aliphatic carbocycles. The number of halogens is 1. The topological polar surface area (TPSA) is 85.8 Å². The third kappa shape index (κ3) is 3.33. The number of amides is 1. The molecular weight excluding hydrogens is 354 g/mol. The third-order valence-corrected chi connectivity index (χ3v) is 3.88. The lowest BCUT2D eigenvalue weighted by atomic mass is 10.2. The van der Waals surface area contributed by atoms with Crippen molar-refractivity contribution in [2.24, 2.45) is 0 Å². The van der Waals surface area contributed by atoms with Gasteiger partial charge in [-0.05, 0) is 36.4 Å². The van der Waals surface area contributed by atoms with Gasteiger partial charge in [0.05, 0.1) is 17.4 Å². The summed E-state index contributed by atoms with van der Waals surface area (Å²) in [6.45, 7) is 0. The van der Waals surface area contributed by atoms with Crippen LogP contribution in [-0.4, -0.2) is 25.9 Å². The van der Waals surface area contributed by atoms with Gasteiger partial charge in [0.2, 0.25) is 12.3 Å². The van der Waals surface area contributed by atoms with Gasteiger partial charge >= 0.3 is 0 Å². The smallest absolute Gasteiger partial charge is 0.258 e. The van der Waals surface area contributed by atoms with Gasteiger partial charge < -0.3 is 9.73 Å². The summed E-state index contributed by atoms with van der Waals surface area (Å²) < 4.78 is 6.76. The van der Waals surface area contributed by atoms with Crippen LogP contribution in [0.5, 0.6) is 0 Å². The van der Waals surface area contributed by atoms with Crippen molar-refractivity contribution in [1.82, 2.24) is 20.0 Å².